The van der Waals surface area contributed by atoms with Crippen molar-refractivity contribution in [3.8, 4) is 0 Å². The Morgan fingerprint density at radius 1 is 1.35 bits per heavy atom. The van der Waals surface area contributed by atoms with Gasteiger partial charge < -0.3 is 11.1 Å². The van der Waals surface area contributed by atoms with Crippen LogP contribution in [0.4, 0.5) is 13.2 Å². The van der Waals surface area contributed by atoms with Gasteiger partial charge in [-0.2, -0.15) is 13.2 Å². The molecule has 1 aromatic rings. The van der Waals surface area contributed by atoms with Crippen molar-refractivity contribution in [3.05, 3.63) is 35.4 Å². The first-order valence-corrected chi connectivity index (χ1v) is 5.06. The normalized spacial score (nSPS) is 13.4. The third-order valence-corrected chi connectivity index (χ3v) is 2.26. The van der Waals surface area contributed by atoms with E-state index >= 15 is 0 Å². The van der Waals surface area contributed by atoms with Crippen LogP contribution in [0.1, 0.15) is 24.1 Å². The Kier molecular flexibility index (Phi) is 4.11. The Morgan fingerprint density at radius 2 is 1.88 bits per heavy atom. The zero-order chi connectivity index (χ0) is 13.1. The fourth-order valence-electron chi connectivity index (χ4n) is 1.45. The van der Waals surface area contributed by atoms with Gasteiger partial charge in [-0.3, -0.25) is 4.79 Å². The number of amides is 1. The summed E-state index contributed by atoms with van der Waals surface area (Å²) in [5.41, 5.74) is 4.83. The fraction of sp³-hybridized carbons (Fsp3) is 0.364. The standard InChI is InChI=1S/C11H13F3N2O/c1-2-16-9(10(15)17)7-3-5-8(6-4-7)11(12,13)14/h3-6,9,16H,2H2,1H3,(H2,15,17). The van der Waals surface area contributed by atoms with E-state index in [-0.39, 0.29) is 0 Å². The van der Waals surface area contributed by atoms with Crippen molar-refractivity contribution >= 4 is 5.91 Å². The van der Waals surface area contributed by atoms with E-state index in [9.17, 15) is 18.0 Å². The number of primary amides is 1. The molecule has 0 aliphatic rings. The van der Waals surface area contributed by atoms with Gasteiger partial charge in [0, 0.05) is 0 Å². The Hall–Kier alpha value is -1.56. The Balaban J connectivity index is 2.96. The van der Waals surface area contributed by atoms with E-state index in [1.54, 1.807) is 6.92 Å². The van der Waals surface area contributed by atoms with Gasteiger partial charge in [0.1, 0.15) is 6.04 Å². The van der Waals surface area contributed by atoms with Gasteiger partial charge in [0.15, 0.2) is 0 Å². The highest BCUT2D eigenvalue weighted by molar-refractivity contribution is 5.81. The van der Waals surface area contributed by atoms with Crippen LogP contribution in [0.25, 0.3) is 0 Å². The SMILES string of the molecule is CCNC(C(N)=O)c1ccc(C(F)(F)F)cc1. The molecular formula is C11H13F3N2O. The molecule has 94 valence electrons. The number of hydrogen-bond acceptors (Lipinski definition) is 2. The van der Waals surface area contributed by atoms with Gasteiger partial charge in [-0.25, -0.2) is 0 Å². The Labute approximate surface area is 96.8 Å². The van der Waals surface area contributed by atoms with E-state index in [1.807, 2.05) is 0 Å². The van der Waals surface area contributed by atoms with Gasteiger partial charge in [0.2, 0.25) is 5.91 Å². The first kappa shape index (κ1) is 13.5. The van der Waals surface area contributed by atoms with Crippen LogP contribution in [0.5, 0.6) is 0 Å². The van der Waals surface area contributed by atoms with Crippen molar-refractivity contribution in [2.75, 3.05) is 6.54 Å². The molecule has 3 N–H and O–H groups in total. The third kappa shape index (κ3) is 3.45. The van der Waals surface area contributed by atoms with Crippen molar-refractivity contribution in [2.24, 2.45) is 5.73 Å². The Bertz CT molecular complexity index is 387. The highest BCUT2D eigenvalue weighted by Gasteiger charge is 2.30. The number of carbonyl (C=O) groups excluding carboxylic acids is 1. The van der Waals surface area contributed by atoms with Crippen LogP contribution in [0.2, 0.25) is 0 Å². The number of hydrogen-bond donors (Lipinski definition) is 2. The molecule has 0 saturated carbocycles. The molecule has 0 heterocycles. The molecule has 0 spiro atoms. The van der Waals surface area contributed by atoms with Crippen LogP contribution in [0.15, 0.2) is 24.3 Å². The minimum absolute atomic E-state index is 0.423. The van der Waals surface area contributed by atoms with Gasteiger partial charge in [0.05, 0.1) is 5.56 Å². The monoisotopic (exact) mass is 246 g/mol. The lowest BCUT2D eigenvalue weighted by Crippen LogP contribution is -2.33. The first-order valence-electron chi connectivity index (χ1n) is 5.06. The average Bonchev–Trinajstić information content (AvgIpc) is 2.24. The van der Waals surface area contributed by atoms with Crippen LogP contribution in [-0.2, 0) is 11.0 Å². The van der Waals surface area contributed by atoms with Crippen molar-refractivity contribution in [2.45, 2.75) is 19.1 Å². The first-order chi connectivity index (χ1) is 7.86. The molecule has 1 aromatic carbocycles. The molecule has 0 aliphatic heterocycles. The number of rotatable bonds is 4. The molecule has 0 bridgehead atoms. The second-order valence-electron chi connectivity index (χ2n) is 3.51. The molecule has 0 fully saturated rings. The van der Waals surface area contributed by atoms with Gasteiger partial charge >= 0.3 is 6.18 Å². The number of likely N-dealkylation sites (N-methyl/N-ethyl adjacent to an activating group) is 1. The van der Waals surface area contributed by atoms with E-state index < -0.39 is 23.7 Å². The molecule has 0 saturated heterocycles. The van der Waals surface area contributed by atoms with Crippen LogP contribution in [0.3, 0.4) is 0 Å². The topological polar surface area (TPSA) is 55.1 Å². The van der Waals surface area contributed by atoms with E-state index in [0.29, 0.717) is 12.1 Å². The lowest BCUT2D eigenvalue weighted by atomic mass is 10.0. The molecule has 3 nitrogen and oxygen atoms in total. The molecule has 1 amide bonds. The van der Waals surface area contributed by atoms with Crippen LogP contribution in [-0.4, -0.2) is 12.5 Å². The summed E-state index contributed by atoms with van der Waals surface area (Å²) in [5.74, 6) is -0.619. The molecule has 1 atom stereocenters. The quantitative estimate of drug-likeness (QED) is 0.851. The second kappa shape index (κ2) is 5.18. The maximum absolute atomic E-state index is 12.3. The summed E-state index contributed by atoms with van der Waals surface area (Å²) in [5, 5.41) is 2.80. The lowest BCUT2D eigenvalue weighted by molar-refractivity contribution is -0.137. The number of carbonyl (C=O) groups is 1. The largest absolute Gasteiger partial charge is 0.416 e. The molecule has 6 heteroatoms. The second-order valence-corrected chi connectivity index (χ2v) is 3.51. The number of nitrogens with two attached hydrogens (primary N) is 1. The molecule has 0 radical (unpaired) electrons. The van der Waals surface area contributed by atoms with Crippen LogP contribution < -0.4 is 11.1 Å². The van der Waals surface area contributed by atoms with Crippen LogP contribution in [0, 0.1) is 0 Å². The summed E-state index contributed by atoms with van der Waals surface area (Å²) in [4.78, 5) is 11.1. The molecule has 0 aromatic heterocycles. The number of alkyl halides is 3. The number of benzene rings is 1. The van der Waals surface area contributed by atoms with Gasteiger partial charge in [-0.1, -0.05) is 19.1 Å². The summed E-state index contributed by atoms with van der Waals surface area (Å²) >= 11 is 0. The van der Waals surface area contributed by atoms with E-state index in [1.165, 1.54) is 12.1 Å². The Morgan fingerprint density at radius 3 is 2.24 bits per heavy atom. The average molecular weight is 246 g/mol. The molecule has 1 unspecified atom stereocenters. The lowest BCUT2D eigenvalue weighted by Gasteiger charge is -2.15. The summed E-state index contributed by atoms with van der Waals surface area (Å²) in [6.07, 6.45) is -4.38. The van der Waals surface area contributed by atoms with Crippen LogP contribution >= 0.6 is 0 Å². The maximum Gasteiger partial charge on any atom is 0.416 e. The predicted octanol–water partition coefficient (Wildman–Crippen LogP) is 1.84. The summed E-state index contributed by atoms with van der Waals surface area (Å²) < 4.78 is 37.0. The van der Waals surface area contributed by atoms with Crippen molar-refractivity contribution in [3.63, 3.8) is 0 Å². The van der Waals surface area contributed by atoms with Gasteiger partial charge in [0.25, 0.3) is 0 Å². The van der Waals surface area contributed by atoms with E-state index in [2.05, 4.69) is 5.32 Å². The molecule has 1 rings (SSSR count). The van der Waals surface area contributed by atoms with Gasteiger partial charge in [-0.05, 0) is 24.2 Å². The molecule has 0 aliphatic carbocycles. The number of nitrogens with one attached hydrogen (secondary N) is 1. The zero-order valence-corrected chi connectivity index (χ0v) is 9.21. The summed E-state index contributed by atoms with van der Waals surface area (Å²) in [7, 11) is 0. The minimum atomic E-state index is -4.38. The van der Waals surface area contributed by atoms with E-state index in [0.717, 1.165) is 12.1 Å². The van der Waals surface area contributed by atoms with Crippen molar-refractivity contribution in [1.82, 2.24) is 5.32 Å². The molecular weight excluding hydrogens is 233 g/mol. The predicted molar refractivity (Wildman–Crippen MR) is 57.1 cm³/mol. The number of halogens is 3. The van der Waals surface area contributed by atoms with Gasteiger partial charge in [-0.15, -0.1) is 0 Å². The smallest absolute Gasteiger partial charge is 0.368 e. The maximum atomic E-state index is 12.3. The highest BCUT2D eigenvalue weighted by atomic mass is 19.4. The van der Waals surface area contributed by atoms with Crippen molar-refractivity contribution < 1.29 is 18.0 Å². The summed E-state index contributed by atoms with van der Waals surface area (Å²) in [6, 6.07) is 3.61. The van der Waals surface area contributed by atoms with Crippen molar-refractivity contribution in [1.29, 1.82) is 0 Å². The summed E-state index contributed by atoms with van der Waals surface area (Å²) in [6.45, 7) is 2.27. The molecule has 17 heavy (non-hydrogen) atoms. The highest BCUT2D eigenvalue weighted by Crippen LogP contribution is 2.29. The van der Waals surface area contributed by atoms with E-state index in [4.69, 9.17) is 5.73 Å². The fourth-order valence-corrected chi connectivity index (χ4v) is 1.45. The zero-order valence-electron chi connectivity index (χ0n) is 9.21. The third-order valence-electron chi connectivity index (χ3n) is 2.26. The minimum Gasteiger partial charge on any atom is -0.368 e.